The smallest absolute Gasteiger partial charge is 0.243 e. The quantitative estimate of drug-likeness (QED) is 0.295. The van der Waals surface area contributed by atoms with Crippen LogP contribution < -0.4 is 9.47 Å². The number of methoxy groups -OCH3 is 2. The predicted octanol–water partition coefficient (Wildman–Crippen LogP) is 4.48. The van der Waals surface area contributed by atoms with Crippen molar-refractivity contribution in [2.24, 2.45) is 0 Å². The maximum absolute atomic E-state index is 13.9. The summed E-state index contributed by atoms with van der Waals surface area (Å²) in [5, 5.41) is 4.18. The molecular weight excluding hydrogens is 478 g/mol. The highest BCUT2D eigenvalue weighted by Crippen LogP contribution is 2.26. The molecule has 0 atom stereocenters. The molecule has 0 saturated carbocycles. The van der Waals surface area contributed by atoms with Gasteiger partial charge >= 0.3 is 0 Å². The van der Waals surface area contributed by atoms with E-state index in [0.29, 0.717) is 17.2 Å². The van der Waals surface area contributed by atoms with Crippen molar-refractivity contribution in [1.82, 2.24) is 14.1 Å². The van der Waals surface area contributed by atoms with E-state index in [1.807, 2.05) is 24.3 Å². The Morgan fingerprint density at radius 1 is 0.889 bits per heavy atom. The van der Waals surface area contributed by atoms with Crippen LogP contribution in [0.25, 0.3) is 5.69 Å². The second-order valence-corrected chi connectivity index (χ2v) is 10.1. The predicted molar refractivity (Wildman–Crippen MR) is 136 cm³/mol. The van der Waals surface area contributed by atoms with Crippen molar-refractivity contribution in [2.45, 2.75) is 24.9 Å². The number of nitrogens with zero attached hydrogens (tertiary/aromatic N) is 3. The van der Waals surface area contributed by atoms with E-state index in [2.05, 4.69) is 5.10 Å². The molecule has 1 heterocycles. The molecule has 0 bridgehead atoms. The van der Waals surface area contributed by atoms with E-state index in [0.717, 1.165) is 11.1 Å². The van der Waals surface area contributed by atoms with Crippen LogP contribution in [0.15, 0.2) is 90.1 Å². The van der Waals surface area contributed by atoms with Gasteiger partial charge in [-0.15, -0.1) is 0 Å². The first-order valence-electron chi connectivity index (χ1n) is 11.2. The third-order valence-electron chi connectivity index (χ3n) is 5.77. The number of Topliss-reactive ketones (excluding diaryl/α,β-unsaturated/α-hetero) is 1. The zero-order valence-corrected chi connectivity index (χ0v) is 21.1. The highest BCUT2D eigenvalue weighted by Gasteiger charge is 2.27. The average Bonchev–Trinajstić information content (AvgIpc) is 3.43. The molecule has 0 aliphatic heterocycles. The maximum Gasteiger partial charge on any atom is 0.243 e. The number of benzene rings is 3. The SMILES string of the molecule is COc1ccc(CN(Cc2ccc(OC)cc2)S(=O)(=O)c2ccc(-n3cccn3)c(C(C)=O)c2)cc1. The van der Waals surface area contributed by atoms with E-state index < -0.39 is 10.0 Å². The van der Waals surface area contributed by atoms with Crippen molar-refractivity contribution >= 4 is 15.8 Å². The van der Waals surface area contributed by atoms with E-state index in [1.54, 1.807) is 67.7 Å². The molecule has 0 unspecified atom stereocenters. The van der Waals surface area contributed by atoms with E-state index >= 15 is 0 Å². The Morgan fingerprint density at radius 3 is 1.89 bits per heavy atom. The topological polar surface area (TPSA) is 90.7 Å². The number of sulfonamides is 1. The van der Waals surface area contributed by atoms with E-state index in [4.69, 9.17) is 9.47 Å². The lowest BCUT2D eigenvalue weighted by molar-refractivity contribution is 0.101. The normalized spacial score (nSPS) is 11.4. The van der Waals surface area contributed by atoms with Gasteiger partial charge in [0.2, 0.25) is 10.0 Å². The van der Waals surface area contributed by atoms with Crippen molar-refractivity contribution in [3.05, 3.63) is 102 Å². The van der Waals surface area contributed by atoms with Crippen LogP contribution in [0.3, 0.4) is 0 Å². The summed E-state index contributed by atoms with van der Waals surface area (Å²) in [6.45, 7) is 1.68. The fourth-order valence-corrected chi connectivity index (χ4v) is 5.26. The van der Waals surface area contributed by atoms with Gasteiger partial charge in [0.15, 0.2) is 5.78 Å². The van der Waals surface area contributed by atoms with Crippen molar-refractivity contribution < 1.29 is 22.7 Å². The number of carbonyl (C=O) groups is 1. The summed E-state index contributed by atoms with van der Waals surface area (Å²) in [5.41, 5.74) is 2.39. The molecule has 1 aromatic heterocycles. The maximum atomic E-state index is 13.9. The van der Waals surface area contributed by atoms with Crippen LogP contribution in [0.5, 0.6) is 11.5 Å². The Balaban J connectivity index is 1.74. The summed E-state index contributed by atoms with van der Waals surface area (Å²) in [4.78, 5) is 12.5. The largest absolute Gasteiger partial charge is 0.497 e. The molecule has 0 aliphatic carbocycles. The van der Waals surface area contributed by atoms with Crippen LogP contribution in [-0.2, 0) is 23.1 Å². The fourth-order valence-electron chi connectivity index (χ4n) is 3.81. The lowest BCUT2D eigenvalue weighted by atomic mass is 10.1. The standard InChI is InChI=1S/C27H27N3O5S/c1-20(31)26-17-25(13-14-27(26)30-16-4-15-28-30)36(32,33)29(18-21-5-9-23(34-2)10-6-21)19-22-7-11-24(35-3)12-8-22/h4-17H,18-19H2,1-3H3. The monoisotopic (exact) mass is 505 g/mol. The molecule has 0 amide bonds. The molecule has 9 heteroatoms. The second kappa shape index (κ2) is 10.8. The first-order chi connectivity index (χ1) is 17.3. The fraction of sp³-hybridized carbons (Fsp3) is 0.185. The number of rotatable bonds is 10. The van der Waals surface area contributed by atoms with Gasteiger partial charge in [-0.1, -0.05) is 24.3 Å². The van der Waals surface area contributed by atoms with Crippen LogP contribution in [0, 0.1) is 0 Å². The first-order valence-corrected chi connectivity index (χ1v) is 12.7. The summed E-state index contributed by atoms with van der Waals surface area (Å²) < 4.78 is 41.2. The third kappa shape index (κ3) is 5.48. The van der Waals surface area contributed by atoms with Crippen molar-refractivity contribution in [3.8, 4) is 17.2 Å². The van der Waals surface area contributed by atoms with Crippen LogP contribution >= 0.6 is 0 Å². The minimum absolute atomic E-state index is 0.0330. The number of hydrogen-bond acceptors (Lipinski definition) is 6. The number of ketones is 1. The summed E-state index contributed by atoms with van der Waals surface area (Å²) in [6, 6.07) is 20.8. The summed E-state index contributed by atoms with van der Waals surface area (Å²) >= 11 is 0. The number of aromatic nitrogens is 2. The molecule has 0 N–H and O–H groups in total. The molecule has 0 spiro atoms. The lowest BCUT2D eigenvalue weighted by Gasteiger charge is -2.23. The summed E-state index contributed by atoms with van der Waals surface area (Å²) in [7, 11) is -0.825. The van der Waals surface area contributed by atoms with E-state index in [-0.39, 0.29) is 29.3 Å². The van der Waals surface area contributed by atoms with E-state index in [1.165, 1.54) is 23.4 Å². The average molecular weight is 506 g/mol. The molecule has 4 aromatic rings. The highest BCUT2D eigenvalue weighted by atomic mass is 32.2. The van der Waals surface area contributed by atoms with Gasteiger partial charge < -0.3 is 9.47 Å². The Morgan fingerprint density at radius 2 is 1.44 bits per heavy atom. The molecule has 0 aliphatic rings. The molecular formula is C27H27N3O5S. The van der Waals surface area contributed by atoms with Crippen molar-refractivity contribution in [3.63, 3.8) is 0 Å². The highest BCUT2D eigenvalue weighted by molar-refractivity contribution is 7.89. The van der Waals surface area contributed by atoms with Gasteiger partial charge in [-0.3, -0.25) is 4.79 Å². The van der Waals surface area contributed by atoms with Crippen LogP contribution in [0.1, 0.15) is 28.4 Å². The molecule has 4 rings (SSSR count). The zero-order valence-electron chi connectivity index (χ0n) is 20.3. The Hall–Kier alpha value is -3.95. The third-order valence-corrected chi connectivity index (χ3v) is 7.56. The van der Waals surface area contributed by atoms with Gasteiger partial charge in [0, 0.05) is 31.0 Å². The molecule has 0 radical (unpaired) electrons. The van der Waals surface area contributed by atoms with Gasteiger partial charge in [0.1, 0.15) is 11.5 Å². The number of carbonyl (C=O) groups excluding carboxylic acids is 1. The Bertz CT molecular complexity index is 1380. The lowest BCUT2D eigenvalue weighted by Crippen LogP contribution is -2.30. The van der Waals surface area contributed by atoms with Crippen LogP contribution in [-0.4, -0.2) is 42.5 Å². The molecule has 0 saturated heterocycles. The minimum atomic E-state index is -3.98. The van der Waals surface area contributed by atoms with Gasteiger partial charge in [-0.25, -0.2) is 13.1 Å². The Kier molecular flexibility index (Phi) is 7.52. The van der Waals surface area contributed by atoms with Crippen molar-refractivity contribution in [1.29, 1.82) is 0 Å². The molecule has 8 nitrogen and oxygen atoms in total. The van der Waals surface area contributed by atoms with Crippen LogP contribution in [0.2, 0.25) is 0 Å². The first kappa shape index (κ1) is 25.2. The summed E-state index contributed by atoms with van der Waals surface area (Å²) in [5.74, 6) is 1.11. The number of ether oxygens (including phenoxy) is 2. The second-order valence-electron chi connectivity index (χ2n) is 8.16. The van der Waals surface area contributed by atoms with Crippen molar-refractivity contribution in [2.75, 3.05) is 14.2 Å². The minimum Gasteiger partial charge on any atom is -0.497 e. The molecule has 36 heavy (non-hydrogen) atoms. The molecule has 0 fully saturated rings. The zero-order chi connectivity index (χ0) is 25.7. The van der Waals surface area contributed by atoms with Gasteiger partial charge in [0.05, 0.1) is 24.8 Å². The van der Waals surface area contributed by atoms with Gasteiger partial charge in [-0.05, 0) is 66.6 Å². The van der Waals surface area contributed by atoms with Crippen LogP contribution in [0.4, 0.5) is 0 Å². The summed E-state index contributed by atoms with van der Waals surface area (Å²) in [6.07, 6.45) is 3.30. The molecule has 186 valence electrons. The Labute approximate surface area is 210 Å². The van der Waals surface area contributed by atoms with E-state index in [9.17, 15) is 13.2 Å². The molecule has 3 aromatic carbocycles. The number of hydrogen-bond donors (Lipinski definition) is 0. The van der Waals surface area contributed by atoms with Gasteiger partial charge in [-0.2, -0.15) is 9.40 Å². The van der Waals surface area contributed by atoms with Gasteiger partial charge in [0.25, 0.3) is 0 Å².